The van der Waals surface area contributed by atoms with Crippen LogP contribution in [0.2, 0.25) is 0 Å². The molecule has 1 saturated heterocycles. The first-order valence-electron chi connectivity index (χ1n) is 9.28. The van der Waals surface area contributed by atoms with Crippen LogP contribution in [0.15, 0.2) is 30.7 Å². The fourth-order valence-electron chi connectivity index (χ4n) is 3.64. The summed E-state index contributed by atoms with van der Waals surface area (Å²) in [5, 5.41) is 5.83. The van der Waals surface area contributed by atoms with Crippen molar-refractivity contribution in [2.45, 2.75) is 38.8 Å². The van der Waals surface area contributed by atoms with E-state index in [9.17, 15) is 9.59 Å². The third-order valence-electron chi connectivity index (χ3n) is 4.98. The number of hydrogen-bond acceptors (Lipinski definition) is 5. The molecule has 2 aromatic heterocycles. The number of aryl methyl sites for hydroxylation is 1. The Kier molecular flexibility index (Phi) is 4.89. The number of hydrogen-bond donors (Lipinski definition) is 0. The standard InChI is InChI=1S/C19H23N5O3/c1-14-8-15(11-20-10-14)19(26)22-12-16-4-5-21-24(16)17(13-22)9-18(25)23-6-2-3-7-27-23/h4-5,8,10-11,17H,2-3,6-7,9,12-13H2,1H3/t17-/m1/s1. The van der Waals surface area contributed by atoms with Crippen molar-refractivity contribution >= 4 is 11.8 Å². The van der Waals surface area contributed by atoms with Crippen molar-refractivity contribution in [3.8, 4) is 0 Å². The van der Waals surface area contributed by atoms with E-state index in [1.807, 2.05) is 23.7 Å². The second kappa shape index (κ2) is 7.48. The van der Waals surface area contributed by atoms with Gasteiger partial charge in [-0.15, -0.1) is 0 Å². The van der Waals surface area contributed by atoms with Crippen LogP contribution in [0.5, 0.6) is 0 Å². The Morgan fingerprint density at radius 3 is 2.96 bits per heavy atom. The first kappa shape index (κ1) is 17.7. The van der Waals surface area contributed by atoms with E-state index in [0.29, 0.717) is 31.8 Å². The fourth-order valence-corrected chi connectivity index (χ4v) is 3.64. The summed E-state index contributed by atoms with van der Waals surface area (Å²) in [5.41, 5.74) is 2.43. The van der Waals surface area contributed by atoms with Crippen LogP contribution in [-0.2, 0) is 16.2 Å². The summed E-state index contributed by atoms with van der Waals surface area (Å²) in [7, 11) is 0. The van der Waals surface area contributed by atoms with Crippen molar-refractivity contribution in [2.75, 3.05) is 19.7 Å². The van der Waals surface area contributed by atoms with Gasteiger partial charge in [-0.1, -0.05) is 0 Å². The molecule has 27 heavy (non-hydrogen) atoms. The molecule has 0 saturated carbocycles. The van der Waals surface area contributed by atoms with Crippen LogP contribution in [-0.4, -0.2) is 56.2 Å². The molecule has 0 unspecified atom stereocenters. The van der Waals surface area contributed by atoms with Gasteiger partial charge in [-0.3, -0.25) is 24.1 Å². The van der Waals surface area contributed by atoms with Crippen molar-refractivity contribution in [1.29, 1.82) is 0 Å². The van der Waals surface area contributed by atoms with Gasteiger partial charge in [0.05, 0.1) is 36.9 Å². The van der Waals surface area contributed by atoms with Crippen LogP contribution < -0.4 is 0 Å². The Morgan fingerprint density at radius 2 is 2.19 bits per heavy atom. The minimum Gasteiger partial charge on any atom is -0.331 e. The number of rotatable bonds is 3. The molecule has 2 aliphatic rings. The van der Waals surface area contributed by atoms with Crippen LogP contribution in [0.1, 0.15) is 46.9 Å². The highest BCUT2D eigenvalue weighted by atomic mass is 16.7. The minimum absolute atomic E-state index is 0.0623. The third kappa shape index (κ3) is 3.71. The zero-order valence-corrected chi connectivity index (χ0v) is 15.4. The van der Waals surface area contributed by atoms with Gasteiger partial charge in [-0.05, 0) is 37.5 Å². The first-order chi connectivity index (χ1) is 13.1. The molecule has 0 aliphatic carbocycles. The number of nitrogens with zero attached hydrogens (tertiary/aromatic N) is 5. The molecule has 8 nitrogen and oxygen atoms in total. The van der Waals surface area contributed by atoms with Gasteiger partial charge in [-0.25, -0.2) is 5.06 Å². The second-order valence-electron chi connectivity index (χ2n) is 7.10. The predicted molar refractivity (Wildman–Crippen MR) is 96.5 cm³/mol. The van der Waals surface area contributed by atoms with Gasteiger partial charge in [0, 0.05) is 31.7 Å². The zero-order valence-electron chi connectivity index (χ0n) is 15.4. The largest absolute Gasteiger partial charge is 0.331 e. The number of amides is 2. The summed E-state index contributed by atoms with van der Waals surface area (Å²) in [6.45, 7) is 4.01. The maximum atomic E-state index is 13.0. The number of carbonyl (C=O) groups excluding carboxylic acids is 2. The number of hydroxylamine groups is 2. The molecule has 0 N–H and O–H groups in total. The van der Waals surface area contributed by atoms with E-state index in [0.717, 1.165) is 24.1 Å². The summed E-state index contributed by atoms with van der Waals surface area (Å²) < 4.78 is 1.86. The van der Waals surface area contributed by atoms with Crippen LogP contribution in [0, 0.1) is 6.92 Å². The Labute approximate surface area is 157 Å². The Hall–Kier alpha value is -2.74. The van der Waals surface area contributed by atoms with Crippen LogP contribution in [0.25, 0.3) is 0 Å². The highest BCUT2D eigenvalue weighted by Crippen LogP contribution is 2.25. The van der Waals surface area contributed by atoms with Crippen LogP contribution in [0.4, 0.5) is 0 Å². The number of fused-ring (bicyclic) bond motifs is 1. The molecule has 1 fully saturated rings. The van der Waals surface area contributed by atoms with E-state index in [2.05, 4.69) is 10.1 Å². The second-order valence-corrected chi connectivity index (χ2v) is 7.10. The molecule has 142 valence electrons. The Bertz CT molecular complexity index is 843. The molecule has 4 heterocycles. The van der Waals surface area contributed by atoms with Crippen molar-refractivity contribution in [3.05, 3.63) is 47.5 Å². The van der Waals surface area contributed by atoms with Gasteiger partial charge in [0.15, 0.2) is 0 Å². The molecular weight excluding hydrogens is 346 g/mol. The maximum Gasteiger partial charge on any atom is 0.255 e. The van der Waals surface area contributed by atoms with Gasteiger partial charge < -0.3 is 4.90 Å². The lowest BCUT2D eigenvalue weighted by Crippen LogP contribution is -2.44. The van der Waals surface area contributed by atoms with Crippen molar-refractivity contribution < 1.29 is 14.4 Å². The molecule has 2 aromatic rings. The van der Waals surface area contributed by atoms with Crippen LogP contribution in [0.3, 0.4) is 0 Å². The van der Waals surface area contributed by atoms with Gasteiger partial charge in [0.2, 0.25) is 5.91 Å². The average Bonchev–Trinajstić information content (AvgIpc) is 3.17. The summed E-state index contributed by atoms with van der Waals surface area (Å²) in [6.07, 6.45) is 7.21. The lowest BCUT2D eigenvalue weighted by atomic mass is 10.1. The molecular formula is C19H23N5O3. The van der Waals surface area contributed by atoms with Gasteiger partial charge in [-0.2, -0.15) is 5.10 Å². The van der Waals surface area contributed by atoms with Crippen molar-refractivity contribution in [3.63, 3.8) is 0 Å². The van der Waals surface area contributed by atoms with E-state index in [1.165, 1.54) is 5.06 Å². The Balaban J connectivity index is 1.52. The number of aromatic nitrogens is 3. The summed E-state index contributed by atoms with van der Waals surface area (Å²) >= 11 is 0. The molecule has 0 radical (unpaired) electrons. The normalized spacial score (nSPS) is 19.7. The zero-order chi connectivity index (χ0) is 18.8. The summed E-state index contributed by atoms with van der Waals surface area (Å²) in [5.74, 6) is -0.141. The molecule has 0 spiro atoms. The summed E-state index contributed by atoms with van der Waals surface area (Å²) in [4.78, 5) is 36.9. The summed E-state index contributed by atoms with van der Waals surface area (Å²) in [6, 6.07) is 3.52. The van der Waals surface area contributed by atoms with E-state index < -0.39 is 0 Å². The highest BCUT2D eigenvalue weighted by Gasteiger charge is 2.32. The molecule has 2 aliphatic heterocycles. The first-order valence-corrected chi connectivity index (χ1v) is 9.28. The van der Waals surface area contributed by atoms with E-state index in [-0.39, 0.29) is 24.3 Å². The highest BCUT2D eigenvalue weighted by molar-refractivity contribution is 5.94. The predicted octanol–water partition coefficient (Wildman–Crippen LogP) is 1.73. The van der Waals surface area contributed by atoms with Gasteiger partial charge in [0.1, 0.15) is 0 Å². The number of pyridine rings is 1. The van der Waals surface area contributed by atoms with E-state index in [4.69, 9.17) is 4.84 Å². The maximum absolute atomic E-state index is 13.0. The lowest BCUT2D eigenvalue weighted by molar-refractivity contribution is -0.198. The minimum atomic E-state index is -0.205. The lowest BCUT2D eigenvalue weighted by Gasteiger charge is -2.35. The van der Waals surface area contributed by atoms with E-state index in [1.54, 1.807) is 23.5 Å². The van der Waals surface area contributed by atoms with Gasteiger partial charge in [0.25, 0.3) is 5.91 Å². The Morgan fingerprint density at radius 1 is 1.30 bits per heavy atom. The fraction of sp³-hybridized carbons (Fsp3) is 0.474. The third-order valence-corrected chi connectivity index (χ3v) is 4.98. The monoisotopic (exact) mass is 369 g/mol. The van der Waals surface area contributed by atoms with Gasteiger partial charge >= 0.3 is 0 Å². The van der Waals surface area contributed by atoms with E-state index >= 15 is 0 Å². The number of carbonyl (C=O) groups is 2. The van der Waals surface area contributed by atoms with Crippen molar-refractivity contribution in [2.24, 2.45) is 0 Å². The molecule has 4 rings (SSSR count). The average molecular weight is 369 g/mol. The molecule has 1 atom stereocenters. The smallest absolute Gasteiger partial charge is 0.255 e. The molecule has 0 bridgehead atoms. The molecule has 0 aromatic carbocycles. The van der Waals surface area contributed by atoms with Crippen molar-refractivity contribution in [1.82, 2.24) is 24.7 Å². The SMILES string of the molecule is Cc1cncc(C(=O)N2Cc3ccnn3[C@H](CC(=O)N3CCCCO3)C2)c1. The topological polar surface area (TPSA) is 80.6 Å². The molecule has 2 amide bonds. The van der Waals surface area contributed by atoms with Crippen LogP contribution >= 0.6 is 0 Å². The quantitative estimate of drug-likeness (QED) is 0.823. The molecule has 8 heteroatoms.